The number of ether oxygens (including phenoxy) is 1. The van der Waals surface area contributed by atoms with E-state index in [2.05, 4.69) is 10.3 Å². The number of hydrogen-bond acceptors (Lipinski definition) is 6. The van der Waals surface area contributed by atoms with Gasteiger partial charge in [-0.3, -0.25) is 0 Å². The van der Waals surface area contributed by atoms with E-state index in [-0.39, 0.29) is 17.8 Å². The first-order valence-corrected chi connectivity index (χ1v) is 5.33. The van der Waals surface area contributed by atoms with Crippen molar-refractivity contribution in [1.82, 2.24) is 4.98 Å². The predicted molar refractivity (Wildman–Crippen MR) is 58.2 cm³/mol. The summed E-state index contributed by atoms with van der Waals surface area (Å²) in [6, 6.07) is 1.68. The molecular formula is C8H10ClN3O2S. The van der Waals surface area contributed by atoms with E-state index >= 15 is 0 Å². The molecule has 82 valence electrons. The Labute approximate surface area is 96.3 Å². The molecular weight excluding hydrogens is 238 g/mol. The van der Waals surface area contributed by atoms with Crippen LogP contribution in [0.1, 0.15) is 4.88 Å². The van der Waals surface area contributed by atoms with E-state index in [0.29, 0.717) is 16.6 Å². The molecule has 0 fully saturated rings. The van der Waals surface area contributed by atoms with Gasteiger partial charge in [-0.05, 0) is 0 Å². The molecule has 0 aliphatic carbocycles. The summed E-state index contributed by atoms with van der Waals surface area (Å²) < 4.78 is 4.89. The van der Waals surface area contributed by atoms with Gasteiger partial charge >= 0.3 is 0 Å². The summed E-state index contributed by atoms with van der Waals surface area (Å²) >= 11 is 6.84. The average molecular weight is 248 g/mol. The minimum Gasteiger partial charge on any atom is -0.394 e. The third kappa shape index (κ3) is 3.32. The normalized spacial score (nSPS) is 12.1. The van der Waals surface area contributed by atoms with Crippen molar-refractivity contribution < 1.29 is 9.84 Å². The number of nitrogens with zero attached hydrogens (tertiary/aromatic N) is 2. The smallest absolute Gasteiger partial charge is 0.185 e. The SMILES string of the molecule is COCC(CO)Nc1nc(Cl)c(C#N)s1. The van der Waals surface area contributed by atoms with Crippen LogP contribution in [0.2, 0.25) is 5.15 Å². The van der Waals surface area contributed by atoms with E-state index in [1.54, 1.807) is 7.11 Å². The number of halogens is 1. The molecule has 0 aliphatic rings. The van der Waals surface area contributed by atoms with Gasteiger partial charge in [0, 0.05) is 7.11 Å². The molecule has 5 nitrogen and oxygen atoms in total. The summed E-state index contributed by atoms with van der Waals surface area (Å²) in [6.07, 6.45) is 0. The molecule has 0 amide bonds. The topological polar surface area (TPSA) is 78.2 Å². The molecule has 1 heterocycles. The average Bonchev–Trinajstić information content (AvgIpc) is 2.58. The molecule has 1 aromatic heterocycles. The Kier molecular flexibility index (Phi) is 4.78. The van der Waals surface area contributed by atoms with Gasteiger partial charge in [-0.25, -0.2) is 4.98 Å². The Morgan fingerprint density at radius 2 is 2.53 bits per heavy atom. The van der Waals surface area contributed by atoms with E-state index < -0.39 is 0 Å². The van der Waals surface area contributed by atoms with Crippen molar-refractivity contribution in [3.63, 3.8) is 0 Å². The molecule has 1 aromatic rings. The van der Waals surface area contributed by atoms with Crippen LogP contribution in [0.5, 0.6) is 0 Å². The van der Waals surface area contributed by atoms with Crippen LogP contribution in [0.3, 0.4) is 0 Å². The number of hydrogen-bond donors (Lipinski definition) is 2. The zero-order valence-corrected chi connectivity index (χ0v) is 9.60. The number of nitriles is 1. The van der Waals surface area contributed by atoms with E-state index in [9.17, 15) is 0 Å². The van der Waals surface area contributed by atoms with Crippen molar-refractivity contribution in [1.29, 1.82) is 5.26 Å². The van der Waals surface area contributed by atoms with Crippen molar-refractivity contribution in [2.24, 2.45) is 0 Å². The summed E-state index contributed by atoms with van der Waals surface area (Å²) in [7, 11) is 1.54. The summed E-state index contributed by atoms with van der Waals surface area (Å²) in [5.74, 6) is 0. The maximum atomic E-state index is 8.99. The molecule has 0 saturated heterocycles. The molecule has 0 aliphatic heterocycles. The molecule has 0 radical (unpaired) electrons. The monoisotopic (exact) mass is 247 g/mol. The number of methoxy groups -OCH3 is 1. The van der Waals surface area contributed by atoms with Gasteiger partial charge in [0.05, 0.1) is 19.3 Å². The van der Waals surface area contributed by atoms with Crippen LogP contribution in [0.4, 0.5) is 5.13 Å². The molecule has 7 heteroatoms. The molecule has 1 unspecified atom stereocenters. The maximum Gasteiger partial charge on any atom is 0.185 e. The molecule has 0 aromatic carbocycles. The molecule has 0 bridgehead atoms. The van der Waals surface area contributed by atoms with Gasteiger partial charge in [0.25, 0.3) is 0 Å². The Morgan fingerprint density at radius 3 is 3.00 bits per heavy atom. The van der Waals surface area contributed by atoms with E-state index in [1.807, 2.05) is 6.07 Å². The first-order valence-electron chi connectivity index (χ1n) is 4.14. The van der Waals surface area contributed by atoms with Crippen LogP contribution in [0.25, 0.3) is 0 Å². The maximum absolute atomic E-state index is 8.99. The molecule has 0 saturated carbocycles. The lowest BCUT2D eigenvalue weighted by molar-refractivity contribution is 0.153. The van der Waals surface area contributed by atoms with Crippen LogP contribution in [0, 0.1) is 11.3 Å². The van der Waals surface area contributed by atoms with Gasteiger partial charge < -0.3 is 15.2 Å². The lowest BCUT2D eigenvalue weighted by Crippen LogP contribution is -2.28. The van der Waals surface area contributed by atoms with Crippen molar-refractivity contribution >= 4 is 28.1 Å². The minimum atomic E-state index is -0.247. The van der Waals surface area contributed by atoms with Crippen LogP contribution < -0.4 is 5.32 Å². The quantitative estimate of drug-likeness (QED) is 0.814. The van der Waals surface area contributed by atoms with E-state index in [1.165, 1.54) is 0 Å². The van der Waals surface area contributed by atoms with Gasteiger partial charge in [0.2, 0.25) is 0 Å². The number of aliphatic hydroxyl groups excluding tert-OH is 1. The molecule has 1 atom stereocenters. The van der Waals surface area contributed by atoms with Gasteiger partial charge in [-0.2, -0.15) is 5.26 Å². The third-order valence-electron chi connectivity index (χ3n) is 1.60. The van der Waals surface area contributed by atoms with Crippen molar-refractivity contribution in [2.75, 3.05) is 25.6 Å². The van der Waals surface area contributed by atoms with Crippen molar-refractivity contribution in [3.05, 3.63) is 10.0 Å². The Hall–Kier alpha value is -0.870. The van der Waals surface area contributed by atoms with Gasteiger partial charge in [0.1, 0.15) is 10.9 Å². The second kappa shape index (κ2) is 5.88. The van der Waals surface area contributed by atoms with E-state index in [4.69, 9.17) is 26.7 Å². The largest absolute Gasteiger partial charge is 0.394 e. The highest BCUT2D eigenvalue weighted by Crippen LogP contribution is 2.26. The summed E-state index contributed by atoms with van der Waals surface area (Å²) in [6.45, 7) is 0.280. The van der Waals surface area contributed by atoms with Crippen LogP contribution in [-0.4, -0.2) is 36.5 Å². The number of aliphatic hydroxyl groups is 1. The van der Waals surface area contributed by atoms with Crippen LogP contribution in [-0.2, 0) is 4.74 Å². The van der Waals surface area contributed by atoms with Crippen LogP contribution >= 0.6 is 22.9 Å². The van der Waals surface area contributed by atoms with Crippen molar-refractivity contribution in [3.8, 4) is 6.07 Å². The summed E-state index contributed by atoms with van der Waals surface area (Å²) in [5, 5.41) is 21.3. The molecule has 15 heavy (non-hydrogen) atoms. The third-order valence-corrected chi connectivity index (χ3v) is 2.88. The Morgan fingerprint density at radius 1 is 1.80 bits per heavy atom. The summed E-state index contributed by atoms with van der Waals surface area (Å²) in [5.41, 5.74) is 0. The fourth-order valence-electron chi connectivity index (χ4n) is 0.948. The van der Waals surface area contributed by atoms with E-state index in [0.717, 1.165) is 11.3 Å². The molecule has 2 N–H and O–H groups in total. The summed E-state index contributed by atoms with van der Waals surface area (Å²) in [4.78, 5) is 4.29. The predicted octanol–water partition coefficient (Wildman–Crippen LogP) is 1.09. The Bertz CT molecular complexity index is 363. The van der Waals surface area contributed by atoms with Gasteiger partial charge in [0.15, 0.2) is 10.3 Å². The van der Waals surface area contributed by atoms with Gasteiger partial charge in [-0.1, -0.05) is 22.9 Å². The second-order valence-electron chi connectivity index (χ2n) is 2.73. The number of anilines is 1. The number of thiazole rings is 1. The lowest BCUT2D eigenvalue weighted by atomic mass is 10.3. The molecule has 0 spiro atoms. The minimum absolute atomic E-state index is 0.0765. The standard InChI is InChI=1S/C8H10ClN3O2S/c1-14-4-5(3-13)11-8-12-7(9)6(2-10)15-8/h5,13H,3-4H2,1H3,(H,11,12). The highest BCUT2D eigenvalue weighted by Gasteiger charge is 2.12. The van der Waals surface area contributed by atoms with Crippen molar-refractivity contribution in [2.45, 2.75) is 6.04 Å². The lowest BCUT2D eigenvalue weighted by Gasteiger charge is -2.13. The highest BCUT2D eigenvalue weighted by molar-refractivity contribution is 7.16. The molecule has 1 rings (SSSR count). The number of nitrogens with one attached hydrogen (secondary N) is 1. The number of rotatable bonds is 5. The zero-order chi connectivity index (χ0) is 11.3. The fourth-order valence-corrected chi connectivity index (χ4v) is 1.97. The first kappa shape index (κ1) is 12.2. The highest BCUT2D eigenvalue weighted by atomic mass is 35.5. The number of aromatic nitrogens is 1. The fraction of sp³-hybridized carbons (Fsp3) is 0.500. The zero-order valence-electron chi connectivity index (χ0n) is 8.03. The van der Waals surface area contributed by atoms with Crippen LogP contribution in [0.15, 0.2) is 0 Å². The second-order valence-corrected chi connectivity index (χ2v) is 4.09. The first-order chi connectivity index (χ1) is 7.21. The Balaban J connectivity index is 2.67. The van der Waals surface area contributed by atoms with Gasteiger partial charge in [-0.15, -0.1) is 0 Å².